The number of fused-ring (bicyclic) bond motifs is 1. The molecule has 0 aromatic rings. The summed E-state index contributed by atoms with van der Waals surface area (Å²) in [7, 11) is 0. The Kier molecular flexibility index (Phi) is 10.8. The fraction of sp³-hybridized carbons (Fsp3) is 0.571. The van der Waals surface area contributed by atoms with Crippen LogP contribution in [0, 0.1) is 10.8 Å². The number of Topliss-reactive ketones (excluding diaryl/α,β-unsaturated/α-hetero) is 1. The van der Waals surface area contributed by atoms with Crippen molar-refractivity contribution in [3.63, 3.8) is 0 Å². The molecule has 262 valence electrons. The van der Waals surface area contributed by atoms with Crippen LogP contribution in [0.25, 0.3) is 0 Å². The molecular weight excluding hydrogens is 600 g/mol. The van der Waals surface area contributed by atoms with Crippen LogP contribution in [-0.2, 0) is 18.7 Å². The molecule has 6 atom stereocenters. The lowest BCUT2D eigenvalue weighted by Gasteiger charge is -2.46. The Hall–Kier alpha value is -3.06. The maximum atomic E-state index is 13.3. The summed E-state index contributed by atoms with van der Waals surface area (Å²) in [4.78, 5) is 24.7. The van der Waals surface area contributed by atoms with Crippen LogP contribution in [0.4, 0.5) is 0 Å². The minimum atomic E-state index is -1.02. The average molecular weight is 660 g/mol. The quantitative estimate of drug-likeness (QED) is 0.0581. The summed E-state index contributed by atoms with van der Waals surface area (Å²) in [5.41, 5.74) is 3.46. The summed E-state index contributed by atoms with van der Waals surface area (Å²) in [6.45, 7) is 22.0. The van der Waals surface area contributed by atoms with E-state index in [-0.39, 0.29) is 52.1 Å². The molecule has 1 spiro atoms. The molecule has 2 N–H and O–H groups in total. The van der Waals surface area contributed by atoms with Gasteiger partial charge in [-0.3, -0.25) is 9.59 Å². The van der Waals surface area contributed by atoms with Crippen molar-refractivity contribution in [2.75, 3.05) is 0 Å². The van der Waals surface area contributed by atoms with Crippen molar-refractivity contribution >= 4 is 11.8 Å². The van der Waals surface area contributed by atoms with Crippen LogP contribution in [0.15, 0.2) is 94.7 Å². The van der Waals surface area contributed by atoms with Gasteiger partial charge in [0.1, 0.15) is 6.10 Å². The fourth-order valence-electron chi connectivity index (χ4n) is 9.13. The van der Waals surface area contributed by atoms with Gasteiger partial charge in [0.05, 0.1) is 23.5 Å². The molecule has 2 saturated carbocycles. The summed E-state index contributed by atoms with van der Waals surface area (Å²) >= 11 is 0. The molecule has 4 rings (SSSR count). The van der Waals surface area contributed by atoms with Gasteiger partial charge in [0.2, 0.25) is 5.78 Å². The maximum Gasteiger partial charge on any atom is 0.326 e. The maximum absolute atomic E-state index is 13.3. The molecule has 2 heterocycles. The minimum absolute atomic E-state index is 0.112. The SMILES string of the molecule is CC(=O)O[C@H]1CC(C)(C)/C(=C\C/C(C)=C/C=C/C(C)=C/C=C/C=C(C)/C=C/C=C(\C)C(=O)[C@H]2[O+]3[C@]4(C)C[C@@H](O)CC(C)(C)[C@]234)[C@](C)(O)C1. The van der Waals surface area contributed by atoms with Gasteiger partial charge >= 0.3 is 17.7 Å². The number of carbonyl (C=O) groups is 2. The third-order valence-corrected chi connectivity index (χ3v) is 11.0. The van der Waals surface area contributed by atoms with Gasteiger partial charge < -0.3 is 19.3 Å². The molecule has 0 amide bonds. The van der Waals surface area contributed by atoms with Crippen LogP contribution >= 0.6 is 0 Å². The summed E-state index contributed by atoms with van der Waals surface area (Å²) in [5, 5.41) is 21.5. The van der Waals surface area contributed by atoms with Crippen LogP contribution in [0.5, 0.6) is 0 Å². The van der Waals surface area contributed by atoms with Crippen LogP contribution in [0.2, 0.25) is 0 Å². The third kappa shape index (κ3) is 7.41. The summed E-state index contributed by atoms with van der Waals surface area (Å²) in [6.07, 6.45) is 24.9. The summed E-state index contributed by atoms with van der Waals surface area (Å²) < 4.78 is 8.73. The van der Waals surface area contributed by atoms with Crippen molar-refractivity contribution < 1.29 is 28.9 Å². The predicted octanol–water partition coefficient (Wildman–Crippen LogP) is 8.46. The smallest absolute Gasteiger partial charge is 0.326 e. The molecule has 2 saturated heterocycles. The number of carbonyl (C=O) groups excluding carboxylic acids is 2. The first-order valence-electron chi connectivity index (χ1n) is 17.5. The number of ketones is 1. The number of ether oxygens (including phenoxy) is 1. The Balaban J connectivity index is 1.25. The van der Waals surface area contributed by atoms with Crippen molar-refractivity contribution in [3.05, 3.63) is 94.7 Å². The molecule has 48 heavy (non-hydrogen) atoms. The van der Waals surface area contributed by atoms with Crippen molar-refractivity contribution in [3.8, 4) is 0 Å². The van der Waals surface area contributed by atoms with E-state index in [0.717, 1.165) is 41.6 Å². The number of rotatable bonds is 11. The van der Waals surface area contributed by atoms with Crippen molar-refractivity contribution in [1.82, 2.24) is 0 Å². The number of allylic oxidation sites excluding steroid dienone is 14. The molecule has 0 unspecified atom stereocenters. The van der Waals surface area contributed by atoms with E-state index in [1.165, 1.54) is 12.5 Å². The molecule has 0 aromatic heterocycles. The first-order valence-corrected chi connectivity index (χ1v) is 17.5. The van der Waals surface area contributed by atoms with E-state index in [9.17, 15) is 19.8 Å². The molecular formula is C42H59O6+. The number of hydrogen-bond acceptors (Lipinski definition) is 5. The third-order valence-electron chi connectivity index (χ3n) is 11.0. The monoisotopic (exact) mass is 659 g/mol. The Bertz CT molecular complexity index is 1520. The second-order valence-corrected chi connectivity index (χ2v) is 16.4. The van der Waals surface area contributed by atoms with E-state index in [2.05, 4.69) is 77.1 Å². The van der Waals surface area contributed by atoms with Gasteiger partial charge in [-0.15, -0.1) is 0 Å². The number of aliphatic hydroxyl groups excluding tert-OH is 1. The molecule has 0 aromatic carbocycles. The number of epoxide rings is 2. The van der Waals surface area contributed by atoms with Crippen LogP contribution in [-0.4, -0.2) is 57.1 Å². The molecule has 2 aliphatic heterocycles. The highest BCUT2D eigenvalue weighted by molar-refractivity contribution is 6.03. The lowest BCUT2D eigenvalue weighted by Crippen LogP contribution is -2.53. The van der Waals surface area contributed by atoms with Crippen molar-refractivity contribution in [1.29, 1.82) is 0 Å². The second kappa shape index (κ2) is 13.7. The molecule has 4 fully saturated rings. The fourth-order valence-corrected chi connectivity index (χ4v) is 9.13. The number of hydrogen-bond donors (Lipinski definition) is 2. The zero-order chi connectivity index (χ0) is 35.9. The van der Waals surface area contributed by atoms with Crippen molar-refractivity contribution in [2.24, 2.45) is 10.8 Å². The van der Waals surface area contributed by atoms with Gasteiger partial charge in [-0.05, 0) is 64.9 Å². The van der Waals surface area contributed by atoms with Gasteiger partial charge in [0.25, 0.3) is 5.60 Å². The molecule has 4 aliphatic rings. The van der Waals surface area contributed by atoms with Gasteiger partial charge in [0, 0.05) is 25.8 Å². The van der Waals surface area contributed by atoms with Crippen molar-refractivity contribution in [2.45, 2.75) is 143 Å². The highest BCUT2D eigenvalue weighted by Gasteiger charge is 3.11. The van der Waals surface area contributed by atoms with E-state index in [1.807, 2.05) is 63.3 Å². The van der Waals surface area contributed by atoms with Gasteiger partial charge in [-0.2, -0.15) is 0 Å². The normalized spacial score (nSPS) is 36.1. The van der Waals surface area contributed by atoms with E-state index in [0.29, 0.717) is 12.8 Å². The highest BCUT2D eigenvalue weighted by Crippen LogP contribution is 2.86. The van der Waals surface area contributed by atoms with Gasteiger partial charge in [-0.1, -0.05) is 111 Å². The first-order chi connectivity index (χ1) is 22.2. The Morgan fingerprint density at radius 2 is 1.40 bits per heavy atom. The topological polar surface area (TPSA) is 86.5 Å². The van der Waals surface area contributed by atoms with E-state index < -0.39 is 5.60 Å². The van der Waals surface area contributed by atoms with E-state index in [1.54, 1.807) is 0 Å². The molecule has 6 heteroatoms. The summed E-state index contributed by atoms with van der Waals surface area (Å²) in [5.74, 6) is -0.139. The Morgan fingerprint density at radius 1 is 0.812 bits per heavy atom. The van der Waals surface area contributed by atoms with Gasteiger partial charge in [0.15, 0.2) is 0 Å². The zero-order valence-electron chi connectivity index (χ0n) is 31.1. The molecule has 0 radical (unpaired) electrons. The molecule has 2 aliphatic carbocycles. The Labute approximate surface area is 289 Å². The van der Waals surface area contributed by atoms with Gasteiger partial charge in [-0.25, -0.2) is 0 Å². The number of aliphatic hydroxyl groups is 2. The standard InChI is InChI=1S/C42H59O6/c1-28(18-14-19-30(3)22-23-35-38(6,7)26-34(47-32(5)43)27-40(35,10)46)16-12-13-17-29(2)20-15-21-31(4)36(45)37-42-39(8,9)24-33(44)25-41(42,11)48(37)42/h12-21,23,33-34,37,44,46H,22,24-27H2,1-11H3/q+1/b13-12+,18-14+,20-15+,28-16+,29-17+,30-19+,31-21+,35-23+/t33-,34-,37+,40+,41+,42-/m0/s1. The number of esters is 1. The predicted molar refractivity (Wildman–Crippen MR) is 194 cm³/mol. The molecule has 0 bridgehead atoms. The average Bonchev–Trinajstić information content (AvgIpc) is 3.80. The minimum Gasteiger partial charge on any atom is -0.462 e. The molecule has 6 nitrogen and oxygen atoms in total. The lowest BCUT2D eigenvalue weighted by atomic mass is 9.61. The second-order valence-electron chi connectivity index (χ2n) is 16.4. The van der Waals surface area contributed by atoms with E-state index >= 15 is 0 Å². The largest absolute Gasteiger partial charge is 0.462 e. The zero-order valence-corrected chi connectivity index (χ0v) is 31.1. The lowest BCUT2D eigenvalue weighted by molar-refractivity contribution is -0.152. The summed E-state index contributed by atoms with van der Waals surface area (Å²) in [6, 6.07) is 0. The first kappa shape index (κ1) is 37.8. The van der Waals surface area contributed by atoms with Crippen LogP contribution in [0.3, 0.4) is 0 Å². The van der Waals surface area contributed by atoms with Crippen LogP contribution in [0.1, 0.15) is 108 Å². The van der Waals surface area contributed by atoms with E-state index in [4.69, 9.17) is 4.74 Å². The Morgan fingerprint density at radius 3 is 1.94 bits per heavy atom. The highest BCUT2D eigenvalue weighted by atomic mass is 16.9. The van der Waals surface area contributed by atoms with Crippen LogP contribution < -0.4 is 0 Å².